The summed E-state index contributed by atoms with van der Waals surface area (Å²) in [7, 11) is 0. The van der Waals surface area contributed by atoms with E-state index < -0.39 is 0 Å². The van der Waals surface area contributed by atoms with E-state index in [1.807, 2.05) is 66.7 Å². The minimum atomic E-state index is -0.268. The van der Waals surface area contributed by atoms with Crippen LogP contribution in [0.4, 0.5) is 5.95 Å². The molecule has 7 heteroatoms. The number of nitrogens with one attached hydrogen (secondary N) is 1. The highest BCUT2D eigenvalue weighted by molar-refractivity contribution is 8.00. The Labute approximate surface area is 187 Å². The fraction of sp³-hybridized carbons (Fsp3) is 0.292. The molecule has 6 nitrogen and oxygen atoms in total. The van der Waals surface area contributed by atoms with Crippen molar-refractivity contribution in [2.24, 2.45) is 0 Å². The molecular formula is C24H27N5OS. The molecule has 1 N–H and O–H groups in total. The second kappa shape index (κ2) is 10.9. The lowest BCUT2D eigenvalue weighted by molar-refractivity contribution is -0.120. The molecule has 160 valence electrons. The summed E-state index contributed by atoms with van der Waals surface area (Å²) in [6, 6.07) is 21.9. The zero-order valence-corrected chi connectivity index (χ0v) is 18.2. The van der Waals surface area contributed by atoms with E-state index >= 15 is 0 Å². The van der Waals surface area contributed by atoms with Crippen molar-refractivity contribution in [3.05, 3.63) is 84.7 Å². The summed E-state index contributed by atoms with van der Waals surface area (Å²) in [6.07, 6.45) is 3.56. The third kappa shape index (κ3) is 6.06. The molecule has 2 aromatic carbocycles. The van der Waals surface area contributed by atoms with Gasteiger partial charge < -0.3 is 10.2 Å². The Balaban J connectivity index is 1.28. The van der Waals surface area contributed by atoms with Gasteiger partial charge in [0, 0.05) is 56.6 Å². The summed E-state index contributed by atoms with van der Waals surface area (Å²) in [5.41, 5.74) is 1.02. The van der Waals surface area contributed by atoms with Gasteiger partial charge in [0.1, 0.15) is 5.25 Å². The first-order valence-corrected chi connectivity index (χ1v) is 11.5. The minimum absolute atomic E-state index is 0.0522. The van der Waals surface area contributed by atoms with Crippen molar-refractivity contribution in [2.45, 2.75) is 10.1 Å². The lowest BCUT2D eigenvalue weighted by Gasteiger charge is -2.34. The third-order valence-electron chi connectivity index (χ3n) is 5.27. The molecule has 1 fully saturated rings. The van der Waals surface area contributed by atoms with Gasteiger partial charge in [0.05, 0.1) is 0 Å². The lowest BCUT2D eigenvalue weighted by atomic mass is 10.1. The molecule has 1 amide bonds. The summed E-state index contributed by atoms with van der Waals surface area (Å²) in [6.45, 7) is 5.15. The molecule has 1 aliphatic heterocycles. The summed E-state index contributed by atoms with van der Waals surface area (Å²) >= 11 is 1.59. The molecule has 3 aromatic rings. The summed E-state index contributed by atoms with van der Waals surface area (Å²) in [4.78, 5) is 27.4. The first kappa shape index (κ1) is 21.3. The quantitative estimate of drug-likeness (QED) is 0.551. The predicted octanol–water partition coefficient (Wildman–Crippen LogP) is 3.25. The molecule has 4 rings (SSSR count). The molecule has 0 saturated carbocycles. The first-order chi connectivity index (χ1) is 15.3. The Kier molecular flexibility index (Phi) is 7.52. The van der Waals surface area contributed by atoms with Crippen LogP contribution < -0.4 is 10.2 Å². The van der Waals surface area contributed by atoms with Gasteiger partial charge in [-0.2, -0.15) is 0 Å². The molecule has 1 aliphatic rings. The molecule has 0 aliphatic carbocycles. The van der Waals surface area contributed by atoms with E-state index in [4.69, 9.17) is 0 Å². The van der Waals surface area contributed by atoms with E-state index in [0.717, 1.165) is 49.1 Å². The van der Waals surface area contributed by atoms with Gasteiger partial charge >= 0.3 is 0 Å². The number of aromatic nitrogens is 2. The Morgan fingerprint density at radius 2 is 1.55 bits per heavy atom. The first-order valence-electron chi connectivity index (χ1n) is 10.6. The number of thioether (sulfide) groups is 1. The van der Waals surface area contributed by atoms with Crippen molar-refractivity contribution in [3.63, 3.8) is 0 Å². The third-order valence-corrected chi connectivity index (χ3v) is 6.54. The summed E-state index contributed by atoms with van der Waals surface area (Å²) in [5, 5.41) is 2.88. The van der Waals surface area contributed by atoms with Crippen molar-refractivity contribution in [2.75, 3.05) is 44.2 Å². The van der Waals surface area contributed by atoms with E-state index in [9.17, 15) is 4.79 Å². The van der Waals surface area contributed by atoms with Crippen molar-refractivity contribution in [3.8, 4) is 0 Å². The maximum atomic E-state index is 13.1. The van der Waals surface area contributed by atoms with E-state index in [1.165, 1.54) is 0 Å². The molecule has 1 atom stereocenters. The van der Waals surface area contributed by atoms with Crippen molar-refractivity contribution in [1.82, 2.24) is 20.2 Å². The number of hydrogen-bond acceptors (Lipinski definition) is 6. The highest BCUT2D eigenvalue weighted by Crippen LogP contribution is 2.35. The number of piperazine rings is 1. The number of anilines is 1. The lowest BCUT2D eigenvalue weighted by Crippen LogP contribution is -2.49. The molecule has 1 saturated heterocycles. The summed E-state index contributed by atoms with van der Waals surface area (Å²) < 4.78 is 0. The van der Waals surface area contributed by atoms with Crippen LogP contribution in [-0.4, -0.2) is 60.0 Å². The second-order valence-electron chi connectivity index (χ2n) is 7.39. The van der Waals surface area contributed by atoms with E-state index in [-0.39, 0.29) is 11.2 Å². The Hall–Kier alpha value is -2.90. The maximum Gasteiger partial charge on any atom is 0.238 e. The topological polar surface area (TPSA) is 61.4 Å². The zero-order chi connectivity index (χ0) is 21.3. The van der Waals surface area contributed by atoms with Gasteiger partial charge in [-0.3, -0.25) is 9.69 Å². The maximum absolute atomic E-state index is 13.1. The Morgan fingerprint density at radius 1 is 0.903 bits per heavy atom. The van der Waals surface area contributed by atoms with Gasteiger partial charge in [-0.05, 0) is 23.8 Å². The van der Waals surface area contributed by atoms with E-state index in [0.29, 0.717) is 6.54 Å². The SMILES string of the molecule is O=C(NCCN1CCN(c2ncccn2)CC1)C(Sc1ccccc1)c1ccccc1. The number of carbonyl (C=O) groups excluding carboxylic acids is 1. The van der Waals surface area contributed by atoms with Gasteiger partial charge in [-0.25, -0.2) is 9.97 Å². The normalized spacial score (nSPS) is 15.4. The van der Waals surface area contributed by atoms with Crippen LogP contribution in [-0.2, 0) is 4.79 Å². The van der Waals surface area contributed by atoms with Crippen LogP contribution in [0.3, 0.4) is 0 Å². The highest BCUT2D eigenvalue weighted by Gasteiger charge is 2.23. The summed E-state index contributed by atoms with van der Waals surface area (Å²) in [5.74, 6) is 0.843. The number of amides is 1. The standard InChI is InChI=1S/C24H27N5OS/c30-23(22(20-8-3-1-4-9-20)31-21-10-5-2-6-11-21)25-14-15-28-16-18-29(19-17-28)24-26-12-7-13-27-24/h1-13,22H,14-19H2,(H,25,30). The van der Waals surface area contributed by atoms with Crippen LogP contribution >= 0.6 is 11.8 Å². The van der Waals surface area contributed by atoms with Crippen molar-refractivity contribution in [1.29, 1.82) is 0 Å². The number of benzene rings is 2. The molecule has 0 spiro atoms. The number of nitrogens with zero attached hydrogens (tertiary/aromatic N) is 4. The number of rotatable bonds is 8. The van der Waals surface area contributed by atoms with Gasteiger partial charge in [-0.1, -0.05) is 48.5 Å². The van der Waals surface area contributed by atoms with Crippen LogP contribution in [0.15, 0.2) is 84.0 Å². The molecule has 1 aromatic heterocycles. The highest BCUT2D eigenvalue weighted by atomic mass is 32.2. The average molecular weight is 434 g/mol. The largest absolute Gasteiger partial charge is 0.354 e. The molecule has 1 unspecified atom stereocenters. The fourth-order valence-corrected chi connectivity index (χ4v) is 4.66. The van der Waals surface area contributed by atoms with Gasteiger partial charge in [0.25, 0.3) is 0 Å². The molecule has 2 heterocycles. The molecule has 0 radical (unpaired) electrons. The van der Waals surface area contributed by atoms with Crippen LogP contribution in [0, 0.1) is 0 Å². The van der Waals surface area contributed by atoms with Crippen LogP contribution in [0.1, 0.15) is 10.8 Å². The monoisotopic (exact) mass is 433 g/mol. The van der Waals surface area contributed by atoms with Crippen molar-refractivity contribution < 1.29 is 4.79 Å². The Morgan fingerprint density at radius 3 is 2.23 bits per heavy atom. The van der Waals surface area contributed by atoms with Gasteiger partial charge in [0.2, 0.25) is 11.9 Å². The molecule has 0 bridgehead atoms. The predicted molar refractivity (Wildman–Crippen MR) is 125 cm³/mol. The second-order valence-corrected chi connectivity index (χ2v) is 8.57. The van der Waals surface area contributed by atoms with Crippen molar-refractivity contribution >= 4 is 23.6 Å². The molecular weight excluding hydrogens is 406 g/mol. The average Bonchev–Trinajstić information content (AvgIpc) is 2.84. The van der Waals surface area contributed by atoms with Crippen LogP contribution in [0.25, 0.3) is 0 Å². The number of carbonyl (C=O) groups is 1. The number of hydrogen-bond donors (Lipinski definition) is 1. The fourth-order valence-electron chi connectivity index (χ4n) is 3.59. The Bertz CT molecular complexity index is 934. The zero-order valence-electron chi connectivity index (χ0n) is 17.4. The van der Waals surface area contributed by atoms with Gasteiger partial charge in [0.15, 0.2) is 0 Å². The van der Waals surface area contributed by atoms with Crippen LogP contribution in [0.5, 0.6) is 0 Å². The van der Waals surface area contributed by atoms with E-state index in [1.54, 1.807) is 24.2 Å². The van der Waals surface area contributed by atoms with E-state index in [2.05, 4.69) is 25.1 Å². The smallest absolute Gasteiger partial charge is 0.238 e. The minimum Gasteiger partial charge on any atom is -0.354 e. The molecule has 31 heavy (non-hydrogen) atoms. The van der Waals surface area contributed by atoms with Gasteiger partial charge in [-0.15, -0.1) is 11.8 Å². The van der Waals surface area contributed by atoms with Crippen LogP contribution in [0.2, 0.25) is 0 Å².